The van der Waals surface area contributed by atoms with Gasteiger partial charge in [-0.25, -0.2) is 0 Å². The number of hydrogen-bond donors (Lipinski definition) is 1. The molecule has 0 bridgehead atoms. The first-order valence-corrected chi connectivity index (χ1v) is 8.16. The van der Waals surface area contributed by atoms with Crippen LogP contribution in [0.3, 0.4) is 0 Å². The minimum Gasteiger partial charge on any atom is -0.383 e. The number of methoxy groups -OCH3 is 1. The largest absolute Gasteiger partial charge is 0.383 e. The van der Waals surface area contributed by atoms with Crippen molar-refractivity contribution in [1.29, 1.82) is 0 Å². The fraction of sp³-hybridized carbons (Fsp3) is 1.00. The van der Waals surface area contributed by atoms with Gasteiger partial charge in [0.25, 0.3) is 0 Å². The first-order valence-electron chi connectivity index (χ1n) is 8.16. The third kappa shape index (κ3) is 5.32. The van der Waals surface area contributed by atoms with Crippen LogP contribution in [0.2, 0.25) is 0 Å². The van der Waals surface area contributed by atoms with E-state index in [9.17, 15) is 0 Å². The van der Waals surface area contributed by atoms with Crippen molar-refractivity contribution < 1.29 is 9.47 Å². The Morgan fingerprint density at radius 3 is 2.40 bits per heavy atom. The molecule has 0 atom stereocenters. The quantitative estimate of drug-likeness (QED) is 0.667. The van der Waals surface area contributed by atoms with E-state index in [0.717, 1.165) is 52.3 Å². The van der Waals surface area contributed by atoms with Crippen molar-refractivity contribution >= 4 is 0 Å². The van der Waals surface area contributed by atoms with Gasteiger partial charge in [0.15, 0.2) is 0 Å². The maximum absolute atomic E-state index is 5.58. The normalized spacial score (nSPS) is 18.9. The second kappa shape index (κ2) is 9.72. The average molecular weight is 286 g/mol. The average Bonchev–Trinajstić information content (AvgIpc) is 2.47. The molecular weight excluding hydrogens is 252 g/mol. The molecule has 0 unspecified atom stereocenters. The molecule has 1 heterocycles. The maximum atomic E-state index is 5.58. The van der Waals surface area contributed by atoms with Gasteiger partial charge in [-0.15, -0.1) is 0 Å². The molecule has 4 heteroatoms. The fourth-order valence-electron chi connectivity index (χ4n) is 3.41. The Morgan fingerprint density at radius 2 is 1.90 bits per heavy atom. The van der Waals surface area contributed by atoms with Gasteiger partial charge in [-0.2, -0.15) is 0 Å². The molecule has 20 heavy (non-hydrogen) atoms. The number of nitrogens with one attached hydrogen (secondary N) is 1. The molecule has 0 aromatic heterocycles. The van der Waals surface area contributed by atoms with Gasteiger partial charge in [-0.05, 0) is 38.1 Å². The minimum absolute atomic E-state index is 0.364. The maximum Gasteiger partial charge on any atom is 0.0589 e. The molecule has 1 aliphatic rings. The summed E-state index contributed by atoms with van der Waals surface area (Å²) in [6.45, 7) is 10.5. The van der Waals surface area contributed by atoms with Gasteiger partial charge in [0, 0.05) is 46.0 Å². The van der Waals surface area contributed by atoms with Crippen LogP contribution in [0.15, 0.2) is 0 Å². The van der Waals surface area contributed by atoms with Crippen LogP contribution in [-0.2, 0) is 9.47 Å². The van der Waals surface area contributed by atoms with Crippen LogP contribution in [0.1, 0.15) is 39.5 Å². The first-order chi connectivity index (χ1) is 9.71. The molecule has 1 N–H and O–H groups in total. The minimum atomic E-state index is 0.364. The summed E-state index contributed by atoms with van der Waals surface area (Å²) < 4.78 is 10.9. The van der Waals surface area contributed by atoms with E-state index in [2.05, 4.69) is 31.1 Å². The molecule has 0 aromatic rings. The molecule has 1 rings (SSSR count). The molecule has 0 aliphatic carbocycles. The second-order valence-corrected chi connectivity index (χ2v) is 6.08. The van der Waals surface area contributed by atoms with Crippen LogP contribution < -0.4 is 5.32 Å². The molecule has 0 amide bonds. The van der Waals surface area contributed by atoms with Gasteiger partial charge in [0.2, 0.25) is 0 Å². The lowest BCUT2D eigenvalue weighted by Crippen LogP contribution is -2.50. The molecule has 1 aliphatic heterocycles. The third-order valence-electron chi connectivity index (χ3n) is 4.69. The fourth-order valence-corrected chi connectivity index (χ4v) is 3.41. The van der Waals surface area contributed by atoms with Crippen LogP contribution in [-0.4, -0.2) is 64.6 Å². The van der Waals surface area contributed by atoms with Crippen molar-refractivity contribution in [3.8, 4) is 0 Å². The third-order valence-corrected chi connectivity index (χ3v) is 4.69. The SMILES string of the molecule is CCC(CC)N(CCOC)CC1(CNC)CCOCC1. The lowest BCUT2D eigenvalue weighted by atomic mass is 9.79. The summed E-state index contributed by atoms with van der Waals surface area (Å²) in [5.41, 5.74) is 0.364. The molecule has 0 radical (unpaired) electrons. The van der Waals surface area contributed by atoms with Gasteiger partial charge >= 0.3 is 0 Å². The van der Waals surface area contributed by atoms with E-state index in [4.69, 9.17) is 9.47 Å². The summed E-state index contributed by atoms with van der Waals surface area (Å²) in [5, 5.41) is 3.40. The highest BCUT2D eigenvalue weighted by molar-refractivity contribution is 4.88. The van der Waals surface area contributed by atoms with Crippen molar-refractivity contribution in [3.05, 3.63) is 0 Å². The van der Waals surface area contributed by atoms with Crippen molar-refractivity contribution in [1.82, 2.24) is 10.2 Å². The highest BCUT2D eigenvalue weighted by Gasteiger charge is 2.35. The van der Waals surface area contributed by atoms with Crippen LogP contribution in [0, 0.1) is 5.41 Å². The second-order valence-electron chi connectivity index (χ2n) is 6.08. The Kier molecular flexibility index (Phi) is 8.69. The summed E-state index contributed by atoms with van der Waals surface area (Å²) in [6.07, 6.45) is 4.76. The molecule has 0 spiro atoms. The van der Waals surface area contributed by atoms with E-state index >= 15 is 0 Å². The van der Waals surface area contributed by atoms with Gasteiger partial charge in [-0.1, -0.05) is 13.8 Å². The lowest BCUT2D eigenvalue weighted by molar-refractivity contribution is -0.0163. The summed E-state index contributed by atoms with van der Waals surface area (Å²) in [6, 6.07) is 0.668. The highest BCUT2D eigenvalue weighted by atomic mass is 16.5. The van der Waals surface area contributed by atoms with Crippen LogP contribution in [0.25, 0.3) is 0 Å². The van der Waals surface area contributed by atoms with Gasteiger partial charge in [0.05, 0.1) is 6.61 Å². The summed E-state index contributed by atoms with van der Waals surface area (Å²) >= 11 is 0. The highest BCUT2D eigenvalue weighted by Crippen LogP contribution is 2.32. The van der Waals surface area contributed by atoms with Crippen molar-refractivity contribution in [2.24, 2.45) is 5.41 Å². The monoisotopic (exact) mass is 286 g/mol. The van der Waals surface area contributed by atoms with Crippen molar-refractivity contribution in [2.75, 3.05) is 53.6 Å². The Hall–Kier alpha value is -0.160. The molecule has 4 nitrogen and oxygen atoms in total. The number of ether oxygens (including phenoxy) is 2. The Balaban J connectivity index is 2.71. The van der Waals surface area contributed by atoms with Crippen molar-refractivity contribution in [3.63, 3.8) is 0 Å². The van der Waals surface area contributed by atoms with E-state index in [1.807, 2.05) is 0 Å². The zero-order chi connectivity index (χ0) is 14.8. The predicted octanol–water partition coefficient (Wildman–Crippen LogP) is 2.14. The predicted molar refractivity (Wildman–Crippen MR) is 84.2 cm³/mol. The lowest BCUT2D eigenvalue weighted by Gasteiger charge is -2.43. The summed E-state index contributed by atoms with van der Waals surface area (Å²) in [7, 11) is 3.86. The Morgan fingerprint density at radius 1 is 1.25 bits per heavy atom. The zero-order valence-corrected chi connectivity index (χ0v) is 13.9. The topological polar surface area (TPSA) is 33.7 Å². The van der Waals surface area contributed by atoms with Gasteiger partial charge < -0.3 is 14.8 Å². The number of hydrogen-bond acceptors (Lipinski definition) is 4. The first kappa shape index (κ1) is 17.9. The van der Waals surface area contributed by atoms with Gasteiger partial charge in [0.1, 0.15) is 0 Å². The number of rotatable bonds is 10. The van der Waals surface area contributed by atoms with E-state index < -0.39 is 0 Å². The molecule has 0 aromatic carbocycles. The van der Waals surface area contributed by atoms with Crippen LogP contribution in [0.4, 0.5) is 0 Å². The smallest absolute Gasteiger partial charge is 0.0589 e. The zero-order valence-electron chi connectivity index (χ0n) is 13.9. The molecular formula is C16H34N2O2. The molecule has 120 valence electrons. The Bertz CT molecular complexity index is 233. The van der Waals surface area contributed by atoms with Crippen LogP contribution in [0.5, 0.6) is 0 Å². The summed E-state index contributed by atoms with van der Waals surface area (Å²) in [4.78, 5) is 2.64. The molecule has 1 saturated heterocycles. The van der Waals surface area contributed by atoms with E-state index in [-0.39, 0.29) is 0 Å². The van der Waals surface area contributed by atoms with Crippen molar-refractivity contribution in [2.45, 2.75) is 45.6 Å². The van der Waals surface area contributed by atoms with E-state index in [1.54, 1.807) is 7.11 Å². The van der Waals surface area contributed by atoms with Crippen LogP contribution >= 0.6 is 0 Å². The molecule has 1 fully saturated rings. The Labute approximate surface area is 125 Å². The number of nitrogens with zero attached hydrogens (tertiary/aromatic N) is 1. The summed E-state index contributed by atoms with van der Waals surface area (Å²) in [5.74, 6) is 0. The molecule has 0 saturated carbocycles. The van der Waals surface area contributed by atoms with E-state index in [0.29, 0.717) is 11.5 Å². The standard InChI is InChI=1S/C16H34N2O2/c1-5-15(6-2)18(9-12-19-4)14-16(13-17-3)7-10-20-11-8-16/h15,17H,5-14H2,1-4H3. The van der Waals surface area contributed by atoms with E-state index in [1.165, 1.54) is 12.8 Å². The van der Waals surface area contributed by atoms with Gasteiger partial charge in [-0.3, -0.25) is 4.90 Å².